The number of aliphatic imine (C=N–C) groups is 2. The van der Waals surface area contributed by atoms with Crippen molar-refractivity contribution in [2.24, 2.45) is 26.7 Å². The lowest BCUT2D eigenvalue weighted by Crippen LogP contribution is -2.44. The maximum atomic E-state index is 6.32. The van der Waals surface area contributed by atoms with E-state index in [4.69, 9.17) is 19.5 Å². The Bertz CT molecular complexity index is 875. The zero-order chi connectivity index (χ0) is 22.3. The molecule has 0 radical (unpaired) electrons. The summed E-state index contributed by atoms with van der Waals surface area (Å²) in [6.45, 7) is 14.5. The van der Waals surface area contributed by atoms with Gasteiger partial charge in [-0.1, -0.05) is 96.2 Å². The first kappa shape index (κ1) is 21.9. The van der Waals surface area contributed by atoms with E-state index >= 15 is 0 Å². The predicted octanol–water partition coefficient (Wildman–Crippen LogP) is 5.74. The van der Waals surface area contributed by atoms with E-state index in [0.29, 0.717) is 13.2 Å². The minimum Gasteiger partial charge on any atom is -0.478 e. The fourth-order valence-electron chi connectivity index (χ4n) is 4.51. The Morgan fingerprint density at radius 2 is 1.39 bits per heavy atom. The minimum atomic E-state index is -0.340. The van der Waals surface area contributed by atoms with E-state index in [2.05, 4.69) is 96.2 Å². The molecule has 0 spiro atoms. The van der Waals surface area contributed by atoms with E-state index in [1.165, 1.54) is 5.56 Å². The molecule has 0 saturated heterocycles. The lowest BCUT2D eigenvalue weighted by molar-refractivity contribution is 0.215. The summed E-state index contributed by atoms with van der Waals surface area (Å²) in [6, 6.07) is 10.9. The van der Waals surface area contributed by atoms with E-state index in [9.17, 15) is 0 Å². The number of hydrogen-bond donors (Lipinski definition) is 0. The van der Waals surface area contributed by atoms with Gasteiger partial charge in [-0.2, -0.15) is 0 Å². The molecule has 0 bridgehead atoms. The van der Waals surface area contributed by atoms with Crippen LogP contribution in [-0.4, -0.2) is 37.1 Å². The van der Waals surface area contributed by atoms with Crippen molar-refractivity contribution in [3.63, 3.8) is 0 Å². The van der Waals surface area contributed by atoms with Gasteiger partial charge in [0.25, 0.3) is 0 Å². The monoisotopic (exact) mass is 420 g/mol. The highest BCUT2D eigenvalue weighted by Gasteiger charge is 2.50. The second-order valence-corrected chi connectivity index (χ2v) is 11.2. The highest BCUT2D eigenvalue weighted by molar-refractivity contribution is 6.04. The van der Waals surface area contributed by atoms with Crippen molar-refractivity contribution in [3.05, 3.63) is 60.2 Å². The van der Waals surface area contributed by atoms with Gasteiger partial charge in [0.1, 0.15) is 19.1 Å². The molecule has 4 heteroatoms. The summed E-state index contributed by atoms with van der Waals surface area (Å²) in [5.74, 6) is 1.34. The van der Waals surface area contributed by atoms with E-state index in [0.717, 1.165) is 18.2 Å². The molecule has 0 aromatic heterocycles. The largest absolute Gasteiger partial charge is 0.478 e. The molecule has 1 unspecified atom stereocenters. The average Bonchev–Trinajstić information content (AvgIpc) is 3.40. The molecule has 4 rings (SSSR count). The predicted molar refractivity (Wildman–Crippen MR) is 128 cm³/mol. The average molecular weight is 421 g/mol. The van der Waals surface area contributed by atoms with Crippen molar-refractivity contribution in [3.8, 4) is 0 Å². The Hall–Kier alpha value is -2.36. The zero-order valence-corrected chi connectivity index (χ0v) is 19.8. The number of allylic oxidation sites excluding steroid dienone is 4. The third kappa shape index (κ3) is 4.22. The zero-order valence-electron chi connectivity index (χ0n) is 19.8. The summed E-state index contributed by atoms with van der Waals surface area (Å²) >= 11 is 0. The quantitative estimate of drug-likeness (QED) is 0.623. The van der Waals surface area contributed by atoms with Crippen molar-refractivity contribution >= 4 is 11.8 Å². The summed E-state index contributed by atoms with van der Waals surface area (Å²) < 4.78 is 12.6. The SMILES string of the molecule is CC(C)(C)[C@@H]1COC(C(C2=N[C@H](C(C)(C)C)CO2)C2(c3ccccc3)C=CC=CC2)=N1. The molecule has 2 aliphatic heterocycles. The van der Waals surface area contributed by atoms with Crippen LogP contribution in [0.25, 0.3) is 0 Å². The lowest BCUT2D eigenvalue weighted by atomic mass is 9.66. The summed E-state index contributed by atoms with van der Waals surface area (Å²) in [6.07, 6.45) is 9.62. The van der Waals surface area contributed by atoms with Crippen LogP contribution < -0.4 is 0 Å². The van der Waals surface area contributed by atoms with Gasteiger partial charge in [-0.3, -0.25) is 0 Å². The standard InChI is InChI=1S/C27H36N2O2/c1-25(2,3)20-17-30-23(28-20)22(24-29-21(18-31-24)26(4,5)6)27(15-11-8-12-16-27)19-13-9-7-10-14-19/h7-15,20-22H,16-18H2,1-6H3/t20-,21-,27?/m0/s1. The van der Waals surface area contributed by atoms with E-state index in [1.807, 2.05) is 0 Å². The third-order valence-corrected chi connectivity index (χ3v) is 6.76. The van der Waals surface area contributed by atoms with Crippen molar-refractivity contribution in [1.82, 2.24) is 0 Å². The summed E-state index contributed by atoms with van der Waals surface area (Å²) in [5, 5.41) is 0. The van der Waals surface area contributed by atoms with Crippen molar-refractivity contribution in [2.75, 3.05) is 13.2 Å². The van der Waals surface area contributed by atoms with E-state index in [1.54, 1.807) is 0 Å². The molecule has 0 amide bonds. The first-order chi connectivity index (χ1) is 14.6. The molecule has 3 aliphatic rings. The molecule has 0 fully saturated rings. The Balaban J connectivity index is 1.85. The highest BCUT2D eigenvalue weighted by atomic mass is 16.5. The molecule has 0 saturated carbocycles. The molecule has 3 atom stereocenters. The van der Waals surface area contributed by atoms with Gasteiger partial charge >= 0.3 is 0 Å². The normalized spacial score (nSPS) is 28.4. The Morgan fingerprint density at radius 1 is 0.839 bits per heavy atom. The first-order valence-electron chi connectivity index (χ1n) is 11.4. The number of hydrogen-bond acceptors (Lipinski definition) is 4. The van der Waals surface area contributed by atoms with Gasteiger partial charge in [-0.15, -0.1) is 0 Å². The molecule has 0 N–H and O–H groups in total. The van der Waals surface area contributed by atoms with Crippen LogP contribution in [0.4, 0.5) is 0 Å². The van der Waals surface area contributed by atoms with Gasteiger partial charge in [-0.05, 0) is 22.8 Å². The lowest BCUT2D eigenvalue weighted by Gasteiger charge is -2.38. The summed E-state index contributed by atoms with van der Waals surface area (Å²) in [5.41, 5.74) is 0.978. The smallest absolute Gasteiger partial charge is 0.197 e. The molecule has 1 aliphatic carbocycles. The van der Waals surface area contributed by atoms with Gasteiger partial charge in [0.05, 0.1) is 12.1 Å². The molecule has 166 valence electrons. The van der Waals surface area contributed by atoms with Gasteiger partial charge < -0.3 is 9.47 Å². The molecular formula is C27H36N2O2. The first-order valence-corrected chi connectivity index (χ1v) is 11.4. The molecule has 1 aromatic carbocycles. The van der Waals surface area contributed by atoms with Gasteiger partial charge in [-0.25, -0.2) is 9.98 Å². The summed E-state index contributed by atoms with van der Waals surface area (Å²) in [4.78, 5) is 10.2. The van der Waals surface area contributed by atoms with Crippen LogP contribution in [0, 0.1) is 16.7 Å². The second kappa shape index (κ2) is 7.96. The Kier molecular flexibility index (Phi) is 5.61. The molecular weight excluding hydrogens is 384 g/mol. The van der Waals surface area contributed by atoms with Crippen LogP contribution in [0.15, 0.2) is 64.6 Å². The van der Waals surface area contributed by atoms with E-state index < -0.39 is 0 Å². The fourth-order valence-corrected chi connectivity index (χ4v) is 4.51. The van der Waals surface area contributed by atoms with Crippen molar-refractivity contribution < 1.29 is 9.47 Å². The Morgan fingerprint density at radius 3 is 1.81 bits per heavy atom. The number of rotatable bonds is 4. The Labute approximate surface area is 187 Å². The number of benzene rings is 1. The van der Waals surface area contributed by atoms with Crippen molar-refractivity contribution in [2.45, 2.75) is 65.5 Å². The summed E-state index contributed by atoms with van der Waals surface area (Å²) in [7, 11) is 0. The third-order valence-electron chi connectivity index (χ3n) is 6.76. The maximum absolute atomic E-state index is 6.32. The minimum absolute atomic E-state index is 0.0425. The van der Waals surface area contributed by atoms with Crippen LogP contribution in [0.2, 0.25) is 0 Å². The van der Waals surface area contributed by atoms with Crippen LogP contribution in [0.5, 0.6) is 0 Å². The van der Waals surface area contributed by atoms with Crippen LogP contribution in [0.3, 0.4) is 0 Å². The van der Waals surface area contributed by atoms with Crippen LogP contribution >= 0.6 is 0 Å². The maximum Gasteiger partial charge on any atom is 0.197 e. The number of nitrogens with zero attached hydrogens (tertiary/aromatic N) is 2. The van der Waals surface area contributed by atoms with Crippen LogP contribution in [0.1, 0.15) is 53.5 Å². The fraction of sp³-hybridized carbons (Fsp3) is 0.556. The second-order valence-electron chi connectivity index (χ2n) is 11.2. The molecule has 1 aromatic rings. The topological polar surface area (TPSA) is 43.2 Å². The van der Waals surface area contributed by atoms with Gasteiger partial charge in [0, 0.05) is 5.41 Å². The highest BCUT2D eigenvalue weighted by Crippen LogP contribution is 2.44. The van der Waals surface area contributed by atoms with Gasteiger partial charge in [0.15, 0.2) is 11.8 Å². The molecule has 31 heavy (non-hydrogen) atoms. The number of ether oxygens (including phenoxy) is 2. The van der Waals surface area contributed by atoms with Gasteiger partial charge in [0.2, 0.25) is 0 Å². The molecule has 2 heterocycles. The molecule has 4 nitrogen and oxygen atoms in total. The van der Waals surface area contributed by atoms with E-state index in [-0.39, 0.29) is 34.2 Å². The van der Waals surface area contributed by atoms with Crippen LogP contribution in [-0.2, 0) is 14.9 Å². The van der Waals surface area contributed by atoms with Crippen molar-refractivity contribution in [1.29, 1.82) is 0 Å².